The van der Waals surface area contributed by atoms with Crippen LogP contribution in [-0.4, -0.2) is 11.7 Å². The Morgan fingerprint density at radius 1 is 1.29 bits per heavy atom. The first-order valence-electron chi connectivity index (χ1n) is 11.0. The van der Waals surface area contributed by atoms with Gasteiger partial charge < -0.3 is 5.73 Å². The second-order valence-electron chi connectivity index (χ2n) is 10.1. The van der Waals surface area contributed by atoms with E-state index in [-0.39, 0.29) is 0 Å². The molecule has 0 aromatic carbocycles. The monoisotopic (exact) mass is 387 g/mol. The van der Waals surface area contributed by atoms with E-state index in [9.17, 15) is 4.79 Å². The zero-order valence-corrected chi connectivity index (χ0v) is 18.9. The van der Waals surface area contributed by atoms with Crippen molar-refractivity contribution in [2.45, 2.75) is 92.9 Å². The summed E-state index contributed by atoms with van der Waals surface area (Å²) in [5, 5.41) is 3.97. The van der Waals surface area contributed by atoms with Crippen molar-refractivity contribution in [1.82, 2.24) is 5.43 Å². The number of urea groups is 1. The lowest BCUT2D eigenvalue weighted by Gasteiger charge is -2.57. The van der Waals surface area contributed by atoms with Gasteiger partial charge in [0.1, 0.15) is 0 Å². The van der Waals surface area contributed by atoms with Gasteiger partial charge in [-0.1, -0.05) is 50.5 Å². The predicted molar refractivity (Wildman–Crippen MR) is 119 cm³/mol. The Morgan fingerprint density at radius 3 is 2.68 bits per heavy atom. The van der Waals surface area contributed by atoms with Gasteiger partial charge in [0.2, 0.25) is 0 Å². The fourth-order valence-electron chi connectivity index (χ4n) is 5.90. The molecule has 4 heteroatoms. The van der Waals surface area contributed by atoms with Gasteiger partial charge in [-0.25, -0.2) is 10.2 Å². The molecule has 158 valence electrons. The van der Waals surface area contributed by atoms with E-state index < -0.39 is 6.03 Å². The van der Waals surface area contributed by atoms with Crippen molar-refractivity contribution < 1.29 is 4.79 Å². The Balaban J connectivity index is 1.95. The molecule has 0 heterocycles. The van der Waals surface area contributed by atoms with Gasteiger partial charge in [-0.3, -0.25) is 0 Å². The Kier molecular flexibility index (Phi) is 7.52. The van der Waals surface area contributed by atoms with Crippen molar-refractivity contribution in [3.8, 4) is 0 Å². The number of allylic oxidation sites excluding steroid dienone is 4. The van der Waals surface area contributed by atoms with Gasteiger partial charge in [0.15, 0.2) is 0 Å². The van der Waals surface area contributed by atoms with Gasteiger partial charge in [-0.2, -0.15) is 5.10 Å². The van der Waals surface area contributed by atoms with Crippen LogP contribution >= 0.6 is 0 Å². The summed E-state index contributed by atoms with van der Waals surface area (Å²) in [6.07, 6.45) is 14.5. The van der Waals surface area contributed by atoms with Gasteiger partial charge in [-0.05, 0) is 88.4 Å². The molecule has 0 spiro atoms. The number of nitrogens with zero attached hydrogens (tertiary/aromatic N) is 1. The van der Waals surface area contributed by atoms with Crippen LogP contribution in [0.3, 0.4) is 0 Å². The molecule has 0 aliphatic heterocycles. The number of fused-ring (bicyclic) bond motifs is 1. The predicted octanol–water partition coefficient (Wildman–Crippen LogP) is 6.34. The molecule has 2 rings (SSSR count). The summed E-state index contributed by atoms with van der Waals surface area (Å²) >= 11 is 0. The molecule has 2 aliphatic carbocycles. The van der Waals surface area contributed by atoms with E-state index in [4.69, 9.17) is 5.73 Å². The number of hydrogen-bond acceptors (Lipinski definition) is 2. The molecular weight excluding hydrogens is 346 g/mol. The van der Waals surface area contributed by atoms with Gasteiger partial charge in [0.25, 0.3) is 0 Å². The summed E-state index contributed by atoms with van der Waals surface area (Å²) in [6.45, 7) is 14.1. The van der Waals surface area contributed by atoms with E-state index in [1.807, 2.05) is 6.92 Å². The third-order valence-corrected chi connectivity index (χ3v) is 7.48. The molecule has 0 aromatic heterocycles. The number of nitrogens with one attached hydrogen (secondary N) is 1. The van der Waals surface area contributed by atoms with Gasteiger partial charge in [0.05, 0.1) is 0 Å². The van der Waals surface area contributed by atoms with Gasteiger partial charge >= 0.3 is 6.03 Å². The third kappa shape index (κ3) is 5.48. The molecule has 1 saturated carbocycles. The lowest BCUT2D eigenvalue weighted by atomic mass is 9.48. The summed E-state index contributed by atoms with van der Waals surface area (Å²) in [5.74, 6) is 1.51. The Hall–Kier alpha value is -1.58. The highest BCUT2D eigenvalue weighted by Crippen LogP contribution is 2.60. The first kappa shape index (κ1) is 22.7. The van der Waals surface area contributed by atoms with Gasteiger partial charge in [-0.15, -0.1) is 0 Å². The lowest BCUT2D eigenvalue weighted by molar-refractivity contribution is -0.0390. The first-order valence-corrected chi connectivity index (χ1v) is 11.0. The molecule has 3 N–H and O–H groups in total. The molecule has 4 nitrogen and oxygen atoms in total. The molecule has 0 aromatic rings. The molecule has 0 saturated heterocycles. The standard InChI is InChI=1S/C24H41N3O/c1-17(9-7-10-19(3)26-27-22(25)28)11-13-20-18(2)12-14-21-23(4,5)15-8-16-24(20,21)6/h9,12,20-21H,7-8,10-11,13-16H2,1-6H3,(H3,25,27,28)/b17-9-,26-19?/t20-,21-,24-/m1/s1. The Bertz CT molecular complexity index is 659. The maximum Gasteiger partial charge on any atom is 0.332 e. The molecule has 28 heavy (non-hydrogen) atoms. The maximum absolute atomic E-state index is 10.7. The van der Waals surface area contributed by atoms with Crippen LogP contribution < -0.4 is 11.2 Å². The average Bonchev–Trinajstić information content (AvgIpc) is 2.58. The van der Waals surface area contributed by atoms with Crippen molar-refractivity contribution in [3.05, 3.63) is 23.3 Å². The molecule has 0 bridgehead atoms. The Labute approximate surface area is 172 Å². The number of amides is 2. The van der Waals surface area contributed by atoms with Crippen molar-refractivity contribution in [3.63, 3.8) is 0 Å². The topological polar surface area (TPSA) is 67.5 Å². The molecular formula is C24H41N3O. The molecule has 2 aliphatic rings. The van der Waals surface area contributed by atoms with Gasteiger partial charge in [0, 0.05) is 5.71 Å². The first-order chi connectivity index (χ1) is 13.1. The van der Waals surface area contributed by atoms with E-state index in [1.165, 1.54) is 37.7 Å². The summed E-state index contributed by atoms with van der Waals surface area (Å²) in [7, 11) is 0. The minimum atomic E-state index is -0.611. The largest absolute Gasteiger partial charge is 0.350 e. The quantitative estimate of drug-likeness (QED) is 0.299. The molecule has 2 amide bonds. The highest BCUT2D eigenvalue weighted by Gasteiger charge is 2.51. The number of nitrogens with two attached hydrogens (primary N) is 1. The summed E-state index contributed by atoms with van der Waals surface area (Å²) in [5.41, 5.74) is 12.2. The highest BCUT2D eigenvalue weighted by atomic mass is 16.2. The van der Waals surface area contributed by atoms with Crippen LogP contribution in [0.4, 0.5) is 4.79 Å². The van der Waals surface area contributed by atoms with Crippen LogP contribution in [0.15, 0.2) is 28.4 Å². The van der Waals surface area contributed by atoms with Crippen LogP contribution in [0, 0.1) is 22.7 Å². The van der Waals surface area contributed by atoms with E-state index in [1.54, 1.807) is 5.57 Å². The molecule has 0 radical (unpaired) electrons. The number of rotatable bonds is 7. The SMILES string of the molecule is CC1=CC[C@@H]2C(C)(C)CCC[C@]2(C)[C@@H]1CC/C(C)=C\CCC(C)=NNC(N)=O. The van der Waals surface area contributed by atoms with Crippen LogP contribution in [0.25, 0.3) is 0 Å². The molecule has 0 unspecified atom stereocenters. The molecule has 3 atom stereocenters. The summed E-state index contributed by atoms with van der Waals surface area (Å²) in [4.78, 5) is 10.7. The van der Waals surface area contributed by atoms with Crippen molar-refractivity contribution >= 4 is 11.7 Å². The smallest absolute Gasteiger partial charge is 0.332 e. The highest BCUT2D eigenvalue weighted by molar-refractivity contribution is 5.83. The average molecular weight is 388 g/mol. The normalized spacial score (nSPS) is 30.4. The number of primary amides is 1. The zero-order valence-electron chi connectivity index (χ0n) is 18.9. The summed E-state index contributed by atoms with van der Waals surface area (Å²) < 4.78 is 0. The zero-order chi connectivity index (χ0) is 20.9. The fraction of sp³-hybridized carbons (Fsp3) is 0.750. The Morgan fingerprint density at radius 2 is 2.00 bits per heavy atom. The lowest BCUT2D eigenvalue weighted by Crippen LogP contribution is -2.48. The number of hydrogen-bond donors (Lipinski definition) is 2. The van der Waals surface area contributed by atoms with Crippen LogP contribution in [0.5, 0.6) is 0 Å². The number of carbonyl (C=O) groups is 1. The van der Waals surface area contributed by atoms with Crippen LogP contribution in [0.1, 0.15) is 92.9 Å². The van der Waals surface area contributed by atoms with E-state index in [0.717, 1.165) is 30.9 Å². The summed E-state index contributed by atoms with van der Waals surface area (Å²) in [6, 6.07) is -0.611. The van der Waals surface area contributed by atoms with Crippen molar-refractivity contribution in [2.75, 3.05) is 0 Å². The van der Waals surface area contributed by atoms with Crippen LogP contribution in [-0.2, 0) is 0 Å². The molecule has 1 fully saturated rings. The minimum Gasteiger partial charge on any atom is -0.350 e. The van der Waals surface area contributed by atoms with E-state index in [0.29, 0.717) is 16.7 Å². The van der Waals surface area contributed by atoms with E-state index in [2.05, 4.69) is 57.3 Å². The van der Waals surface area contributed by atoms with Crippen molar-refractivity contribution in [2.24, 2.45) is 33.5 Å². The number of carbonyl (C=O) groups excluding carboxylic acids is 1. The van der Waals surface area contributed by atoms with Crippen molar-refractivity contribution in [1.29, 1.82) is 0 Å². The van der Waals surface area contributed by atoms with E-state index >= 15 is 0 Å². The number of hydrazone groups is 1. The van der Waals surface area contributed by atoms with Crippen LogP contribution in [0.2, 0.25) is 0 Å². The fourth-order valence-corrected chi connectivity index (χ4v) is 5.90. The second-order valence-corrected chi connectivity index (χ2v) is 10.1. The minimum absolute atomic E-state index is 0.449. The maximum atomic E-state index is 10.7. The third-order valence-electron chi connectivity index (χ3n) is 7.48. The second kappa shape index (κ2) is 9.28.